The van der Waals surface area contributed by atoms with Gasteiger partial charge in [-0.1, -0.05) is 12.1 Å². The third kappa shape index (κ3) is 2.98. The van der Waals surface area contributed by atoms with Crippen molar-refractivity contribution in [1.82, 2.24) is 4.90 Å². The molecule has 1 spiro atoms. The van der Waals surface area contributed by atoms with Gasteiger partial charge >= 0.3 is 5.97 Å². The maximum Gasteiger partial charge on any atom is 0.338 e. The molecule has 5 rings (SSSR count). The second kappa shape index (κ2) is 7.13. The minimum Gasteiger partial charge on any atom is -0.493 e. The van der Waals surface area contributed by atoms with Crippen molar-refractivity contribution in [2.75, 3.05) is 20.7 Å². The monoisotopic (exact) mass is 409 g/mol. The van der Waals surface area contributed by atoms with Gasteiger partial charge in [0, 0.05) is 18.5 Å². The third-order valence-corrected chi connectivity index (χ3v) is 6.47. The number of methoxy groups -OCH3 is 1. The Labute approximate surface area is 175 Å². The highest BCUT2D eigenvalue weighted by Gasteiger charge is 2.53. The maximum absolute atomic E-state index is 13.1. The molecule has 0 aromatic heterocycles. The van der Waals surface area contributed by atoms with E-state index in [1.807, 2.05) is 12.1 Å². The summed E-state index contributed by atoms with van der Waals surface area (Å²) in [5.74, 6) is 0.701. The Kier molecular flexibility index (Phi) is 4.54. The predicted molar refractivity (Wildman–Crippen MR) is 109 cm³/mol. The first-order valence-electron chi connectivity index (χ1n) is 10.2. The Bertz CT molecular complexity index is 1020. The van der Waals surface area contributed by atoms with Crippen molar-refractivity contribution in [1.29, 1.82) is 0 Å². The molecule has 2 heterocycles. The molecule has 5 nitrogen and oxygen atoms in total. The minimum absolute atomic E-state index is 0.134. The van der Waals surface area contributed by atoms with Crippen LogP contribution in [0.2, 0.25) is 0 Å². The number of nitrogens with zero attached hydrogens (tertiary/aromatic N) is 1. The lowest BCUT2D eigenvalue weighted by atomic mass is 9.69. The predicted octanol–water partition coefficient (Wildman–Crippen LogP) is 3.85. The molecule has 2 aliphatic heterocycles. The molecule has 0 radical (unpaired) electrons. The van der Waals surface area contributed by atoms with Gasteiger partial charge in [-0.05, 0) is 62.0 Å². The fourth-order valence-electron chi connectivity index (χ4n) is 4.94. The minimum atomic E-state index is -0.463. The highest BCUT2D eigenvalue weighted by Crippen LogP contribution is 2.55. The number of benzene rings is 2. The van der Waals surface area contributed by atoms with E-state index in [0.29, 0.717) is 12.0 Å². The van der Waals surface area contributed by atoms with E-state index in [4.69, 9.17) is 14.2 Å². The van der Waals surface area contributed by atoms with Crippen molar-refractivity contribution in [3.8, 4) is 11.5 Å². The van der Waals surface area contributed by atoms with Crippen molar-refractivity contribution >= 4 is 5.97 Å². The van der Waals surface area contributed by atoms with Crippen LogP contribution in [0, 0.1) is 5.82 Å². The average Bonchev–Trinajstić information content (AvgIpc) is 3.00. The standard InChI is InChI=1S/C24H24FNO4/c1-26-12-11-24-10-9-18(29-23(27)15-3-6-17(25)7-4-15)13-20(24)30-22-19(28-2)8-5-16(14-26)21(22)24/h3-10,18,20H,11-14H2,1-2H3/t18?,20-,24-/m0/s1. The van der Waals surface area contributed by atoms with Crippen molar-refractivity contribution in [2.45, 2.75) is 37.0 Å². The van der Waals surface area contributed by atoms with Crippen LogP contribution >= 0.6 is 0 Å². The van der Waals surface area contributed by atoms with Gasteiger partial charge < -0.3 is 19.1 Å². The van der Waals surface area contributed by atoms with Gasteiger partial charge in [0.15, 0.2) is 11.5 Å². The summed E-state index contributed by atoms with van der Waals surface area (Å²) in [5.41, 5.74) is 2.54. The molecular formula is C24H24FNO4. The van der Waals surface area contributed by atoms with E-state index in [-0.39, 0.29) is 17.3 Å². The molecular weight excluding hydrogens is 385 g/mol. The number of halogens is 1. The van der Waals surface area contributed by atoms with E-state index in [2.05, 4.69) is 24.1 Å². The first kappa shape index (κ1) is 19.1. The van der Waals surface area contributed by atoms with Gasteiger partial charge in [-0.15, -0.1) is 0 Å². The largest absolute Gasteiger partial charge is 0.493 e. The number of carbonyl (C=O) groups excluding carboxylic acids is 1. The van der Waals surface area contributed by atoms with Gasteiger partial charge in [-0.3, -0.25) is 0 Å². The van der Waals surface area contributed by atoms with Crippen LogP contribution < -0.4 is 9.47 Å². The molecule has 0 N–H and O–H groups in total. The van der Waals surface area contributed by atoms with Gasteiger partial charge in [0.05, 0.1) is 18.1 Å². The fraction of sp³-hybridized carbons (Fsp3) is 0.375. The van der Waals surface area contributed by atoms with Gasteiger partial charge in [-0.2, -0.15) is 0 Å². The summed E-state index contributed by atoms with van der Waals surface area (Å²) in [6, 6.07) is 9.48. The van der Waals surface area contributed by atoms with Crippen molar-refractivity contribution in [2.24, 2.45) is 0 Å². The van der Waals surface area contributed by atoms with Crippen LogP contribution in [0.3, 0.4) is 0 Å². The Morgan fingerprint density at radius 3 is 2.80 bits per heavy atom. The molecule has 1 aliphatic carbocycles. The van der Waals surface area contributed by atoms with Crippen LogP contribution in [0.25, 0.3) is 0 Å². The lowest BCUT2D eigenvalue weighted by molar-refractivity contribution is 0.0218. The first-order chi connectivity index (χ1) is 14.5. The van der Waals surface area contributed by atoms with Crippen molar-refractivity contribution < 1.29 is 23.4 Å². The van der Waals surface area contributed by atoms with Crippen molar-refractivity contribution in [3.63, 3.8) is 0 Å². The molecule has 2 aromatic carbocycles. The number of hydrogen-bond donors (Lipinski definition) is 0. The van der Waals surface area contributed by atoms with E-state index in [9.17, 15) is 9.18 Å². The highest BCUT2D eigenvalue weighted by atomic mass is 19.1. The topological polar surface area (TPSA) is 48.0 Å². The van der Waals surface area contributed by atoms with Crippen LogP contribution in [-0.2, 0) is 16.7 Å². The second-order valence-corrected chi connectivity index (χ2v) is 8.31. The molecule has 3 aliphatic rings. The molecule has 0 saturated heterocycles. The number of hydrogen-bond acceptors (Lipinski definition) is 5. The molecule has 3 atom stereocenters. The van der Waals surface area contributed by atoms with Crippen molar-refractivity contribution in [3.05, 3.63) is 71.1 Å². The van der Waals surface area contributed by atoms with Crippen LogP contribution in [0.1, 0.15) is 34.3 Å². The number of carbonyl (C=O) groups is 1. The Morgan fingerprint density at radius 2 is 2.03 bits per heavy atom. The van der Waals surface area contributed by atoms with Gasteiger partial charge in [0.2, 0.25) is 0 Å². The van der Waals surface area contributed by atoms with E-state index in [1.165, 1.54) is 35.4 Å². The summed E-state index contributed by atoms with van der Waals surface area (Å²) in [6.07, 6.45) is 5.09. The second-order valence-electron chi connectivity index (χ2n) is 8.31. The molecule has 156 valence electrons. The summed E-state index contributed by atoms with van der Waals surface area (Å²) < 4.78 is 30.9. The van der Waals surface area contributed by atoms with E-state index in [1.54, 1.807) is 7.11 Å². The zero-order chi connectivity index (χ0) is 20.9. The Morgan fingerprint density at radius 1 is 1.23 bits per heavy atom. The molecule has 2 aromatic rings. The summed E-state index contributed by atoms with van der Waals surface area (Å²) in [4.78, 5) is 14.8. The van der Waals surface area contributed by atoms with E-state index >= 15 is 0 Å². The lowest BCUT2D eigenvalue weighted by Gasteiger charge is -2.36. The van der Waals surface area contributed by atoms with Crippen LogP contribution in [-0.4, -0.2) is 43.8 Å². The molecule has 0 saturated carbocycles. The SMILES string of the molecule is COc1ccc2c3c1O[C@H]1CC(OC(=O)c4ccc(F)cc4)C=C[C@@]31CCN(C)C2. The number of esters is 1. The maximum atomic E-state index is 13.1. The van der Waals surface area contributed by atoms with E-state index < -0.39 is 12.1 Å². The Hall–Kier alpha value is -2.86. The smallest absolute Gasteiger partial charge is 0.338 e. The molecule has 6 heteroatoms. The van der Waals surface area contributed by atoms with Crippen LogP contribution in [0.15, 0.2) is 48.6 Å². The van der Waals surface area contributed by atoms with Gasteiger partial charge in [-0.25, -0.2) is 9.18 Å². The van der Waals surface area contributed by atoms with Crippen LogP contribution in [0.5, 0.6) is 11.5 Å². The first-order valence-corrected chi connectivity index (χ1v) is 10.2. The zero-order valence-corrected chi connectivity index (χ0v) is 17.1. The number of rotatable bonds is 3. The van der Waals surface area contributed by atoms with E-state index in [0.717, 1.165) is 31.0 Å². The molecule has 1 unspecified atom stereocenters. The normalized spacial score (nSPS) is 26.9. The number of ether oxygens (including phenoxy) is 3. The molecule has 0 bridgehead atoms. The average molecular weight is 409 g/mol. The van der Waals surface area contributed by atoms with Crippen LogP contribution in [0.4, 0.5) is 4.39 Å². The molecule has 30 heavy (non-hydrogen) atoms. The summed E-state index contributed by atoms with van der Waals surface area (Å²) in [7, 11) is 3.78. The third-order valence-electron chi connectivity index (χ3n) is 6.47. The Balaban J connectivity index is 1.46. The lowest BCUT2D eigenvalue weighted by Crippen LogP contribution is -2.43. The summed E-state index contributed by atoms with van der Waals surface area (Å²) in [6.45, 7) is 1.81. The highest BCUT2D eigenvalue weighted by molar-refractivity contribution is 5.89. The molecule has 0 fully saturated rings. The fourth-order valence-corrected chi connectivity index (χ4v) is 4.94. The van der Waals surface area contributed by atoms with Gasteiger partial charge in [0.1, 0.15) is 18.0 Å². The summed E-state index contributed by atoms with van der Waals surface area (Å²) in [5, 5.41) is 0. The zero-order valence-electron chi connectivity index (χ0n) is 17.1. The molecule has 0 amide bonds. The summed E-state index contributed by atoms with van der Waals surface area (Å²) >= 11 is 0. The quantitative estimate of drug-likeness (QED) is 0.569. The van der Waals surface area contributed by atoms with Gasteiger partial charge in [0.25, 0.3) is 0 Å².